The van der Waals surface area contributed by atoms with Gasteiger partial charge in [-0.3, -0.25) is 0 Å². The van der Waals surface area contributed by atoms with Gasteiger partial charge in [-0.1, -0.05) is 86.2 Å². The zero-order valence-corrected chi connectivity index (χ0v) is 28.7. The van der Waals surface area contributed by atoms with Crippen molar-refractivity contribution in [3.63, 3.8) is 0 Å². The summed E-state index contributed by atoms with van der Waals surface area (Å²) in [5.74, 6) is 0. The van der Waals surface area contributed by atoms with Crippen molar-refractivity contribution >= 4 is 0 Å². The molecular formula is C38H43HfN4-5. The molecule has 1 fully saturated rings. The van der Waals surface area contributed by atoms with Crippen molar-refractivity contribution in [2.75, 3.05) is 0 Å². The molecule has 5 heteroatoms. The molecule has 1 unspecified atom stereocenters. The molecule has 4 aromatic carbocycles. The Bertz CT molecular complexity index is 1200. The molecular weight excluding hydrogens is 691 g/mol. The molecule has 0 aliphatic heterocycles. The van der Waals surface area contributed by atoms with E-state index in [9.17, 15) is 0 Å². The summed E-state index contributed by atoms with van der Waals surface area (Å²) in [5, 5.41) is 14.0. The van der Waals surface area contributed by atoms with Crippen LogP contribution in [0.5, 0.6) is 0 Å². The van der Waals surface area contributed by atoms with E-state index < -0.39 is 0 Å². The van der Waals surface area contributed by atoms with Crippen molar-refractivity contribution in [3.05, 3.63) is 193 Å². The van der Waals surface area contributed by atoms with Crippen molar-refractivity contribution in [2.24, 2.45) is 0 Å². The third-order valence-corrected chi connectivity index (χ3v) is 6.49. The van der Waals surface area contributed by atoms with E-state index in [2.05, 4.69) is 38.0 Å². The molecule has 5 aromatic rings. The monoisotopic (exact) mass is 735 g/mol. The van der Waals surface area contributed by atoms with Crippen LogP contribution in [0.3, 0.4) is 0 Å². The summed E-state index contributed by atoms with van der Waals surface area (Å²) in [6.45, 7) is 11.8. The van der Waals surface area contributed by atoms with E-state index in [1.54, 1.807) is 6.20 Å². The number of rotatable bonds is 6. The average Bonchev–Trinajstić information content (AvgIpc) is 3.58. The Balaban J connectivity index is 0.000000239. The van der Waals surface area contributed by atoms with E-state index >= 15 is 0 Å². The van der Waals surface area contributed by atoms with Crippen LogP contribution in [0.2, 0.25) is 0 Å². The summed E-state index contributed by atoms with van der Waals surface area (Å²) >= 11 is 0. The van der Waals surface area contributed by atoms with Gasteiger partial charge in [-0.05, 0) is 6.07 Å². The molecule has 4 nitrogen and oxygen atoms in total. The number of aromatic nitrogens is 2. The van der Waals surface area contributed by atoms with Gasteiger partial charge in [-0.2, -0.15) is 79.0 Å². The van der Waals surface area contributed by atoms with Crippen molar-refractivity contribution in [2.45, 2.75) is 51.0 Å². The van der Waals surface area contributed by atoms with Crippen LogP contribution in [0.15, 0.2) is 140 Å². The Morgan fingerprint density at radius 1 is 0.628 bits per heavy atom. The summed E-state index contributed by atoms with van der Waals surface area (Å²) in [4.78, 5) is 0. The average molecular weight is 734 g/mol. The van der Waals surface area contributed by atoms with E-state index in [1.807, 2.05) is 126 Å². The van der Waals surface area contributed by atoms with Gasteiger partial charge in [0, 0.05) is 38.2 Å². The van der Waals surface area contributed by atoms with Crippen LogP contribution < -0.4 is 0 Å². The predicted molar refractivity (Wildman–Crippen MR) is 178 cm³/mol. The van der Waals surface area contributed by atoms with Crippen LogP contribution in [0, 0.1) is 20.8 Å². The Morgan fingerprint density at radius 2 is 1.07 bits per heavy atom. The molecule has 1 saturated carbocycles. The zero-order valence-electron chi connectivity index (χ0n) is 25.1. The van der Waals surface area contributed by atoms with Crippen LogP contribution in [0.4, 0.5) is 0 Å². The topological polar surface area (TPSA) is 46.0 Å². The fraction of sp³-hybridized carbons (Fsp3) is 0.211. The third kappa shape index (κ3) is 16.1. The molecule has 43 heavy (non-hydrogen) atoms. The minimum absolute atomic E-state index is 0. The minimum Gasteiger partial charge on any atom is -0.656 e. The van der Waals surface area contributed by atoms with Crippen LogP contribution in [0.25, 0.3) is 10.6 Å². The fourth-order valence-electron chi connectivity index (χ4n) is 4.24. The van der Waals surface area contributed by atoms with Crippen LogP contribution in [0.1, 0.15) is 60.6 Å². The molecule has 0 radical (unpaired) electrons. The number of benzene rings is 4. The van der Waals surface area contributed by atoms with Gasteiger partial charge in [0.15, 0.2) is 0 Å². The maximum atomic E-state index is 4.93. The van der Waals surface area contributed by atoms with Gasteiger partial charge in [0.25, 0.3) is 0 Å². The maximum absolute atomic E-state index is 4.93. The summed E-state index contributed by atoms with van der Waals surface area (Å²) in [6, 6.07) is 42.3. The molecule has 0 amide bonds. The van der Waals surface area contributed by atoms with E-state index in [-0.39, 0.29) is 32.1 Å². The first-order valence-electron chi connectivity index (χ1n) is 14.6. The van der Waals surface area contributed by atoms with Crippen LogP contribution in [-0.2, 0) is 32.4 Å². The fourth-order valence-corrected chi connectivity index (χ4v) is 4.24. The maximum Gasteiger partial charge on any atom is 0.0488 e. The van der Waals surface area contributed by atoms with E-state index in [0.717, 1.165) is 16.7 Å². The van der Waals surface area contributed by atoms with Gasteiger partial charge in [0.05, 0.1) is 0 Å². The molecule has 1 aliphatic carbocycles. The smallest absolute Gasteiger partial charge is 0.0488 e. The number of nitrogens with zero attached hydrogens (tertiary/aromatic N) is 4. The number of hydrogen-bond acceptors (Lipinski definition) is 1. The molecule has 6 rings (SSSR count). The van der Waals surface area contributed by atoms with Crippen molar-refractivity contribution in [3.8, 4) is 0 Å². The molecule has 0 saturated heterocycles. The molecule has 1 aliphatic rings. The summed E-state index contributed by atoms with van der Waals surface area (Å²) < 4.78 is 1.86. The second kappa shape index (κ2) is 22.1. The first-order chi connectivity index (χ1) is 20.6. The van der Waals surface area contributed by atoms with Gasteiger partial charge < -0.3 is 15.3 Å². The van der Waals surface area contributed by atoms with Crippen molar-refractivity contribution in [1.29, 1.82) is 0 Å². The van der Waals surface area contributed by atoms with E-state index in [4.69, 9.17) is 10.6 Å². The second-order valence-corrected chi connectivity index (χ2v) is 10.1. The van der Waals surface area contributed by atoms with Crippen molar-refractivity contribution < 1.29 is 25.8 Å². The molecule has 1 atom stereocenters. The molecule has 1 heterocycles. The molecule has 1 aromatic heterocycles. The minimum atomic E-state index is -0.191. The first-order valence-corrected chi connectivity index (χ1v) is 14.6. The first kappa shape index (κ1) is 35.7. The van der Waals surface area contributed by atoms with Crippen molar-refractivity contribution in [1.82, 2.24) is 9.78 Å². The quantitative estimate of drug-likeness (QED) is 0.127. The van der Waals surface area contributed by atoms with Crippen LogP contribution >= 0.6 is 0 Å². The van der Waals surface area contributed by atoms with Gasteiger partial charge in [0.1, 0.15) is 0 Å². The summed E-state index contributed by atoms with van der Waals surface area (Å²) in [7, 11) is 0. The molecule has 0 N–H and O–H groups in total. The molecule has 0 bridgehead atoms. The van der Waals surface area contributed by atoms with Gasteiger partial charge >= 0.3 is 0 Å². The van der Waals surface area contributed by atoms with E-state index in [0.29, 0.717) is 12.6 Å². The molecule has 224 valence electrons. The summed E-state index contributed by atoms with van der Waals surface area (Å²) in [6.07, 6.45) is 9.87. The summed E-state index contributed by atoms with van der Waals surface area (Å²) in [5.41, 5.74) is 4.43. The van der Waals surface area contributed by atoms with Gasteiger partial charge in [-0.15, -0.1) is 55.3 Å². The van der Waals surface area contributed by atoms with Crippen LogP contribution in [-0.4, -0.2) is 15.8 Å². The molecule has 0 spiro atoms. The zero-order chi connectivity index (χ0) is 29.7. The van der Waals surface area contributed by atoms with Gasteiger partial charge in [0.2, 0.25) is 0 Å². The van der Waals surface area contributed by atoms with Gasteiger partial charge in [-0.25, -0.2) is 0 Å². The third-order valence-electron chi connectivity index (χ3n) is 6.49. The SMILES string of the molecule is [CH2-]c1ccccc1.[CH2-]c1ccccc1.[CH2-]c1ccccc1.[Hf].c1ccc(C[N-]C([N-]C2CCCCC2)n2cccn2)cc1. The van der Waals surface area contributed by atoms with E-state index in [1.165, 1.54) is 37.7 Å². The Kier molecular flexibility index (Phi) is 18.3. The normalized spacial score (nSPS) is 12.8. The largest absolute Gasteiger partial charge is 0.656 e. The Hall–Kier alpha value is -3.51. The Labute approximate surface area is 278 Å². The standard InChI is InChI=1S/C17H22N4.3C7H7.Hf/c1-3-8-15(9-4-1)14-18-17(21-13-7-12-19-21)20-16-10-5-2-6-11-16;3*1-7-5-3-2-4-6-7;/h1,3-4,7-9,12-13,16-17H,2,5-6,10-11,14H2;3*2-6H,1H2;/q-2;3*-1;. The second-order valence-electron chi connectivity index (χ2n) is 10.1. The number of hydrogen-bond donors (Lipinski definition) is 0. The Morgan fingerprint density at radius 3 is 1.44 bits per heavy atom. The predicted octanol–water partition coefficient (Wildman–Crippen LogP) is 10.2.